The molecule has 0 radical (unpaired) electrons. The van der Waals surface area contributed by atoms with Crippen LogP contribution in [-0.4, -0.2) is 21.3 Å². The molecular formula is C19H20O4. The fraction of sp³-hybridized carbons (Fsp3) is 0.211. The lowest BCUT2D eigenvalue weighted by atomic mass is 9.73. The van der Waals surface area contributed by atoms with E-state index >= 15 is 0 Å². The molecule has 0 aliphatic carbocycles. The van der Waals surface area contributed by atoms with Gasteiger partial charge in [0.25, 0.3) is 0 Å². The van der Waals surface area contributed by atoms with Crippen molar-refractivity contribution in [3.05, 3.63) is 71.3 Å². The molecule has 23 heavy (non-hydrogen) atoms. The molecular weight excluding hydrogens is 292 g/mol. The number of allylic oxidation sites excluding steroid dienone is 1. The fourth-order valence-electron chi connectivity index (χ4n) is 2.51. The standard InChI is InChI=1S/C19H20O4/c1-13(18(22)23)11-12-19(2,14-3-7-16(20)8-4-14)15-5-9-17(21)10-6-15/h3-11,20-21H,12H2,1-2H3,(H,22,23). The van der Waals surface area contributed by atoms with E-state index in [-0.39, 0.29) is 17.1 Å². The van der Waals surface area contributed by atoms with E-state index in [0.29, 0.717) is 6.42 Å². The first-order valence-corrected chi connectivity index (χ1v) is 7.32. The zero-order valence-electron chi connectivity index (χ0n) is 13.2. The summed E-state index contributed by atoms with van der Waals surface area (Å²) in [7, 11) is 0. The Kier molecular flexibility index (Phi) is 4.74. The molecule has 0 saturated heterocycles. The second-order valence-corrected chi connectivity index (χ2v) is 5.82. The monoisotopic (exact) mass is 312 g/mol. The molecule has 0 spiro atoms. The van der Waals surface area contributed by atoms with Crippen molar-refractivity contribution in [1.29, 1.82) is 0 Å². The van der Waals surface area contributed by atoms with Crippen LogP contribution in [0.4, 0.5) is 0 Å². The van der Waals surface area contributed by atoms with Gasteiger partial charge in [-0.2, -0.15) is 0 Å². The van der Waals surface area contributed by atoms with E-state index < -0.39 is 11.4 Å². The molecule has 4 nitrogen and oxygen atoms in total. The Hall–Kier alpha value is -2.75. The lowest BCUT2D eigenvalue weighted by Gasteiger charge is -2.30. The second kappa shape index (κ2) is 6.57. The number of aromatic hydroxyl groups is 2. The van der Waals surface area contributed by atoms with Gasteiger partial charge in [-0.15, -0.1) is 0 Å². The Morgan fingerprint density at radius 2 is 1.35 bits per heavy atom. The van der Waals surface area contributed by atoms with Crippen LogP contribution in [0.15, 0.2) is 60.2 Å². The molecule has 0 atom stereocenters. The molecule has 0 saturated carbocycles. The average Bonchev–Trinajstić information content (AvgIpc) is 2.53. The molecule has 0 bridgehead atoms. The van der Waals surface area contributed by atoms with Crippen molar-refractivity contribution in [2.24, 2.45) is 0 Å². The zero-order chi connectivity index (χ0) is 17.0. The SMILES string of the molecule is CC(=CCC(C)(c1ccc(O)cc1)c1ccc(O)cc1)C(=O)O. The number of rotatable bonds is 5. The summed E-state index contributed by atoms with van der Waals surface area (Å²) in [5.41, 5.74) is 1.72. The zero-order valence-corrected chi connectivity index (χ0v) is 13.2. The van der Waals surface area contributed by atoms with Crippen molar-refractivity contribution in [2.75, 3.05) is 0 Å². The fourth-order valence-corrected chi connectivity index (χ4v) is 2.51. The number of hydrogen-bond acceptors (Lipinski definition) is 3. The van der Waals surface area contributed by atoms with Gasteiger partial charge in [0.1, 0.15) is 11.5 Å². The number of carbonyl (C=O) groups is 1. The summed E-state index contributed by atoms with van der Waals surface area (Å²) in [5, 5.41) is 28.1. The molecule has 120 valence electrons. The number of carboxylic acids is 1. The van der Waals surface area contributed by atoms with E-state index in [9.17, 15) is 15.0 Å². The first-order valence-electron chi connectivity index (χ1n) is 7.32. The molecule has 0 amide bonds. The predicted octanol–water partition coefficient (Wildman–Crippen LogP) is 3.82. The highest BCUT2D eigenvalue weighted by atomic mass is 16.4. The number of carboxylic acid groups (broad SMARTS) is 1. The van der Waals surface area contributed by atoms with Crippen LogP contribution in [-0.2, 0) is 10.2 Å². The first-order chi connectivity index (χ1) is 10.8. The van der Waals surface area contributed by atoms with Gasteiger partial charge in [0.2, 0.25) is 0 Å². The van der Waals surface area contributed by atoms with Crippen molar-refractivity contribution in [2.45, 2.75) is 25.7 Å². The molecule has 2 aromatic carbocycles. The Morgan fingerprint density at radius 1 is 0.957 bits per heavy atom. The maximum Gasteiger partial charge on any atom is 0.330 e. The number of hydrogen-bond donors (Lipinski definition) is 3. The molecule has 2 rings (SSSR count). The Bertz CT molecular complexity index is 667. The first kappa shape index (κ1) is 16.6. The quantitative estimate of drug-likeness (QED) is 0.733. The van der Waals surface area contributed by atoms with Gasteiger partial charge in [0, 0.05) is 11.0 Å². The number of aliphatic carboxylic acids is 1. The Morgan fingerprint density at radius 3 is 1.70 bits per heavy atom. The summed E-state index contributed by atoms with van der Waals surface area (Å²) in [6.45, 7) is 3.58. The lowest BCUT2D eigenvalue weighted by molar-refractivity contribution is -0.132. The van der Waals surface area contributed by atoms with E-state index in [4.69, 9.17) is 5.11 Å². The summed E-state index contributed by atoms with van der Waals surface area (Å²) in [6.07, 6.45) is 2.18. The van der Waals surface area contributed by atoms with Crippen LogP contribution < -0.4 is 0 Å². The lowest BCUT2D eigenvalue weighted by Crippen LogP contribution is -2.23. The van der Waals surface area contributed by atoms with Gasteiger partial charge in [0.15, 0.2) is 0 Å². The highest BCUT2D eigenvalue weighted by molar-refractivity contribution is 5.85. The highest BCUT2D eigenvalue weighted by Crippen LogP contribution is 2.37. The van der Waals surface area contributed by atoms with Crippen molar-refractivity contribution in [3.8, 4) is 11.5 Å². The maximum atomic E-state index is 11.0. The Balaban J connectivity index is 2.49. The molecule has 2 aromatic rings. The molecule has 0 heterocycles. The van der Waals surface area contributed by atoms with E-state index in [1.54, 1.807) is 37.3 Å². The third kappa shape index (κ3) is 3.72. The number of benzene rings is 2. The number of phenolic OH excluding ortho intramolecular Hbond substituents is 2. The number of phenols is 2. The molecule has 0 aliphatic heterocycles. The van der Waals surface area contributed by atoms with Crippen LogP contribution in [0.25, 0.3) is 0 Å². The van der Waals surface area contributed by atoms with Gasteiger partial charge in [-0.3, -0.25) is 0 Å². The largest absolute Gasteiger partial charge is 0.508 e. The summed E-state index contributed by atoms with van der Waals surface area (Å²) < 4.78 is 0. The molecule has 3 N–H and O–H groups in total. The predicted molar refractivity (Wildman–Crippen MR) is 88.7 cm³/mol. The molecule has 0 fully saturated rings. The van der Waals surface area contributed by atoms with Crippen LogP contribution in [0.1, 0.15) is 31.4 Å². The minimum Gasteiger partial charge on any atom is -0.508 e. The van der Waals surface area contributed by atoms with Crippen LogP contribution in [0.2, 0.25) is 0 Å². The topological polar surface area (TPSA) is 77.8 Å². The minimum atomic E-state index is -0.941. The second-order valence-electron chi connectivity index (χ2n) is 5.82. The van der Waals surface area contributed by atoms with Gasteiger partial charge >= 0.3 is 5.97 Å². The molecule has 0 aliphatic rings. The van der Waals surface area contributed by atoms with Gasteiger partial charge < -0.3 is 15.3 Å². The van der Waals surface area contributed by atoms with Crippen LogP contribution in [0, 0.1) is 0 Å². The summed E-state index contributed by atoms with van der Waals surface area (Å²) in [4.78, 5) is 11.0. The normalized spacial score (nSPS) is 12.2. The van der Waals surface area contributed by atoms with Crippen LogP contribution >= 0.6 is 0 Å². The average molecular weight is 312 g/mol. The molecule has 0 unspecified atom stereocenters. The van der Waals surface area contributed by atoms with Crippen molar-refractivity contribution < 1.29 is 20.1 Å². The summed E-state index contributed by atoms with van der Waals surface area (Å²) >= 11 is 0. The van der Waals surface area contributed by atoms with E-state index in [1.807, 2.05) is 31.2 Å². The molecule has 4 heteroatoms. The maximum absolute atomic E-state index is 11.0. The Labute approximate surface area is 135 Å². The molecule has 0 aromatic heterocycles. The van der Waals surface area contributed by atoms with Crippen LogP contribution in [0.5, 0.6) is 11.5 Å². The highest BCUT2D eigenvalue weighted by Gasteiger charge is 2.28. The summed E-state index contributed by atoms with van der Waals surface area (Å²) in [6, 6.07) is 13.8. The van der Waals surface area contributed by atoms with Crippen molar-refractivity contribution in [1.82, 2.24) is 0 Å². The van der Waals surface area contributed by atoms with Gasteiger partial charge in [-0.25, -0.2) is 4.79 Å². The smallest absolute Gasteiger partial charge is 0.330 e. The third-order valence-electron chi connectivity index (χ3n) is 4.16. The third-order valence-corrected chi connectivity index (χ3v) is 4.16. The van der Waals surface area contributed by atoms with Crippen molar-refractivity contribution >= 4 is 5.97 Å². The van der Waals surface area contributed by atoms with Gasteiger partial charge in [-0.05, 0) is 48.7 Å². The van der Waals surface area contributed by atoms with E-state index in [2.05, 4.69) is 0 Å². The van der Waals surface area contributed by atoms with Crippen molar-refractivity contribution in [3.63, 3.8) is 0 Å². The minimum absolute atomic E-state index is 0.180. The van der Waals surface area contributed by atoms with Gasteiger partial charge in [-0.1, -0.05) is 37.3 Å². The summed E-state index contributed by atoms with van der Waals surface area (Å²) in [5.74, 6) is -0.582. The van der Waals surface area contributed by atoms with E-state index in [0.717, 1.165) is 11.1 Å². The van der Waals surface area contributed by atoms with Crippen LogP contribution in [0.3, 0.4) is 0 Å². The van der Waals surface area contributed by atoms with Gasteiger partial charge in [0.05, 0.1) is 0 Å². The van der Waals surface area contributed by atoms with E-state index in [1.165, 1.54) is 0 Å².